The molecule has 0 spiro atoms. The Labute approximate surface area is 159 Å². The normalized spacial score (nSPS) is 16.8. The molecule has 0 radical (unpaired) electrons. The van der Waals surface area contributed by atoms with Crippen molar-refractivity contribution in [3.05, 3.63) is 64.2 Å². The van der Waals surface area contributed by atoms with Gasteiger partial charge >= 0.3 is 0 Å². The standard InChI is InChI=1S/C21H23ClN2O2/c1-14-5-3-6-15(2)20(14)24-13-17(12-19(24)25)21(26)23-10-9-16-7-4-8-18(22)11-16/h3-8,11,17H,9-10,12-13H2,1-2H3,(H,23,26). The number of rotatable bonds is 5. The van der Waals surface area contributed by atoms with Crippen LogP contribution in [-0.4, -0.2) is 24.9 Å². The Bertz CT molecular complexity index is 814. The first-order valence-corrected chi connectivity index (χ1v) is 9.22. The summed E-state index contributed by atoms with van der Waals surface area (Å²) in [6.45, 7) is 4.96. The van der Waals surface area contributed by atoms with Gasteiger partial charge in [-0.15, -0.1) is 0 Å². The second kappa shape index (κ2) is 7.92. The molecule has 5 heteroatoms. The van der Waals surface area contributed by atoms with Crippen LogP contribution >= 0.6 is 11.6 Å². The summed E-state index contributed by atoms with van der Waals surface area (Å²) < 4.78 is 0. The molecule has 2 aromatic rings. The molecule has 2 aromatic carbocycles. The highest BCUT2D eigenvalue weighted by molar-refractivity contribution is 6.30. The van der Waals surface area contributed by atoms with Crippen LogP contribution in [0.2, 0.25) is 5.02 Å². The van der Waals surface area contributed by atoms with Gasteiger partial charge in [-0.25, -0.2) is 0 Å². The van der Waals surface area contributed by atoms with Crippen molar-refractivity contribution >= 4 is 29.1 Å². The second-order valence-electron chi connectivity index (χ2n) is 6.82. The first-order chi connectivity index (χ1) is 12.5. The fraction of sp³-hybridized carbons (Fsp3) is 0.333. The Morgan fingerprint density at radius 2 is 1.88 bits per heavy atom. The van der Waals surface area contributed by atoms with Crippen LogP contribution < -0.4 is 10.2 Å². The second-order valence-corrected chi connectivity index (χ2v) is 7.25. The quantitative estimate of drug-likeness (QED) is 0.873. The number of aryl methyl sites for hydroxylation is 2. The Kier molecular flexibility index (Phi) is 5.62. The maximum Gasteiger partial charge on any atom is 0.227 e. The monoisotopic (exact) mass is 370 g/mol. The van der Waals surface area contributed by atoms with Gasteiger partial charge in [-0.05, 0) is 49.1 Å². The van der Waals surface area contributed by atoms with E-state index in [0.717, 1.165) is 22.4 Å². The molecular weight excluding hydrogens is 348 g/mol. The van der Waals surface area contributed by atoms with Crippen LogP contribution in [0.5, 0.6) is 0 Å². The first kappa shape index (κ1) is 18.5. The molecule has 4 nitrogen and oxygen atoms in total. The van der Waals surface area contributed by atoms with E-state index in [4.69, 9.17) is 11.6 Å². The summed E-state index contributed by atoms with van der Waals surface area (Å²) in [7, 11) is 0. The molecule has 0 aromatic heterocycles. The van der Waals surface area contributed by atoms with E-state index in [9.17, 15) is 9.59 Å². The topological polar surface area (TPSA) is 49.4 Å². The highest BCUT2D eigenvalue weighted by Crippen LogP contribution is 2.30. The fourth-order valence-electron chi connectivity index (χ4n) is 3.50. The molecule has 1 unspecified atom stereocenters. The molecule has 3 rings (SSSR count). The minimum Gasteiger partial charge on any atom is -0.355 e. The van der Waals surface area contributed by atoms with Crippen molar-refractivity contribution in [2.75, 3.05) is 18.0 Å². The number of anilines is 1. The number of nitrogens with one attached hydrogen (secondary N) is 1. The first-order valence-electron chi connectivity index (χ1n) is 8.84. The molecular formula is C21H23ClN2O2. The molecule has 136 valence electrons. The van der Waals surface area contributed by atoms with Crippen molar-refractivity contribution in [2.24, 2.45) is 5.92 Å². The molecule has 26 heavy (non-hydrogen) atoms. The van der Waals surface area contributed by atoms with Crippen molar-refractivity contribution in [1.29, 1.82) is 0 Å². The van der Waals surface area contributed by atoms with Gasteiger partial charge in [0.25, 0.3) is 0 Å². The van der Waals surface area contributed by atoms with E-state index in [1.165, 1.54) is 0 Å². The van der Waals surface area contributed by atoms with Gasteiger partial charge < -0.3 is 10.2 Å². The minimum absolute atomic E-state index is 0.0115. The lowest BCUT2D eigenvalue weighted by atomic mass is 10.1. The van der Waals surface area contributed by atoms with Gasteiger partial charge in [0.2, 0.25) is 11.8 Å². The van der Waals surface area contributed by atoms with Crippen LogP contribution in [0.25, 0.3) is 0 Å². The lowest BCUT2D eigenvalue weighted by Crippen LogP contribution is -2.34. The van der Waals surface area contributed by atoms with E-state index in [1.54, 1.807) is 4.90 Å². The van der Waals surface area contributed by atoms with Gasteiger partial charge in [0.15, 0.2) is 0 Å². The average Bonchev–Trinajstić information content (AvgIpc) is 2.96. The van der Waals surface area contributed by atoms with E-state index >= 15 is 0 Å². The third-order valence-corrected chi connectivity index (χ3v) is 5.04. The van der Waals surface area contributed by atoms with E-state index in [2.05, 4.69) is 5.32 Å². The van der Waals surface area contributed by atoms with Gasteiger partial charge in [0.05, 0.1) is 5.92 Å². The summed E-state index contributed by atoms with van der Waals surface area (Å²) in [4.78, 5) is 26.7. The zero-order valence-electron chi connectivity index (χ0n) is 15.1. The molecule has 1 atom stereocenters. The number of carbonyl (C=O) groups excluding carboxylic acids is 2. The zero-order valence-corrected chi connectivity index (χ0v) is 15.8. The average molecular weight is 371 g/mol. The van der Waals surface area contributed by atoms with Crippen LogP contribution in [0.3, 0.4) is 0 Å². The van der Waals surface area contributed by atoms with Crippen LogP contribution in [-0.2, 0) is 16.0 Å². The van der Waals surface area contributed by atoms with Gasteiger partial charge in [-0.1, -0.05) is 41.9 Å². The number of amides is 2. The predicted molar refractivity (Wildman–Crippen MR) is 105 cm³/mol. The Hall–Kier alpha value is -2.33. The molecule has 1 saturated heterocycles. The predicted octanol–water partition coefficient (Wildman–Crippen LogP) is 3.67. The molecule has 0 saturated carbocycles. The van der Waals surface area contributed by atoms with Crippen molar-refractivity contribution in [2.45, 2.75) is 26.7 Å². The summed E-state index contributed by atoms with van der Waals surface area (Å²) in [6, 6.07) is 13.6. The molecule has 1 aliphatic rings. The Balaban J connectivity index is 1.59. The summed E-state index contributed by atoms with van der Waals surface area (Å²) in [5.41, 5.74) is 4.13. The maximum absolute atomic E-state index is 12.5. The number of hydrogen-bond acceptors (Lipinski definition) is 2. The number of carbonyl (C=O) groups is 2. The SMILES string of the molecule is Cc1cccc(C)c1N1CC(C(=O)NCCc2cccc(Cl)c2)CC1=O. The van der Waals surface area contributed by atoms with Gasteiger partial charge in [-0.3, -0.25) is 9.59 Å². The summed E-state index contributed by atoms with van der Waals surface area (Å²) in [5.74, 6) is -0.354. The highest BCUT2D eigenvalue weighted by Gasteiger charge is 2.36. The van der Waals surface area contributed by atoms with Crippen molar-refractivity contribution in [1.82, 2.24) is 5.32 Å². The minimum atomic E-state index is -0.305. The van der Waals surface area contributed by atoms with Gasteiger partial charge in [-0.2, -0.15) is 0 Å². The summed E-state index contributed by atoms with van der Waals surface area (Å²) >= 11 is 5.98. The fourth-order valence-corrected chi connectivity index (χ4v) is 3.71. The molecule has 1 aliphatic heterocycles. The third-order valence-electron chi connectivity index (χ3n) is 4.81. The van der Waals surface area contributed by atoms with Crippen molar-refractivity contribution in [3.8, 4) is 0 Å². The van der Waals surface area contributed by atoms with Crippen molar-refractivity contribution in [3.63, 3.8) is 0 Å². The van der Waals surface area contributed by atoms with Crippen LogP contribution in [0.1, 0.15) is 23.1 Å². The molecule has 0 aliphatic carbocycles. The Morgan fingerprint density at radius 3 is 2.58 bits per heavy atom. The zero-order chi connectivity index (χ0) is 18.7. The highest BCUT2D eigenvalue weighted by atomic mass is 35.5. The molecule has 1 heterocycles. The van der Waals surface area contributed by atoms with Crippen LogP contribution in [0.15, 0.2) is 42.5 Å². The van der Waals surface area contributed by atoms with Crippen LogP contribution in [0.4, 0.5) is 5.69 Å². The van der Waals surface area contributed by atoms with Crippen molar-refractivity contribution < 1.29 is 9.59 Å². The summed E-state index contributed by atoms with van der Waals surface area (Å²) in [6.07, 6.45) is 0.977. The number of halogens is 1. The molecule has 1 fully saturated rings. The Morgan fingerprint density at radius 1 is 1.19 bits per heavy atom. The lowest BCUT2D eigenvalue weighted by molar-refractivity contribution is -0.126. The third kappa shape index (κ3) is 4.07. The smallest absolute Gasteiger partial charge is 0.227 e. The van der Waals surface area contributed by atoms with E-state index in [1.807, 2.05) is 56.3 Å². The van der Waals surface area contributed by atoms with E-state index in [0.29, 0.717) is 24.5 Å². The van der Waals surface area contributed by atoms with E-state index in [-0.39, 0.29) is 24.2 Å². The van der Waals surface area contributed by atoms with Gasteiger partial charge in [0.1, 0.15) is 0 Å². The number of para-hydroxylation sites is 1. The molecule has 0 bridgehead atoms. The number of nitrogens with zero attached hydrogens (tertiary/aromatic N) is 1. The van der Waals surface area contributed by atoms with Gasteiger partial charge in [0, 0.05) is 30.2 Å². The largest absolute Gasteiger partial charge is 0.355 e. The number of hydrogen-bond donors (Lipinski definition) is 1. The van der Waals surface area contributed by atoms with E-state index < -0.39 is 0 Å². The molecule has 2 amide bonds. The summed E-state index contributed by atoms with van der Waals surface area (Å²) in [5, 5.41) is 3.65. The molecule has 1 N–H and O–H groups in total. The lowest BCUT2D eigenvalue weighted by Gasteiger charge is -2.21. The maximum atomic E-state index is 12.5. The van der Waals surface area contributed by atoms with Crippen LogP contribution in [0, 0.1) is 19.8 Å². The number of benzene rings is 2.